The van der Waals surface area contributed by atoms with Crippen LogP contribution in [0.15, 0.2) is 46.2 Å². The van der Waals surface area contributed by atoms with E-state index in [9.17, 15) is 9.59 Å². The first kappa shape index (κ1) is 14.6. The van der Waals surface area contributed by atoms with Crippen molar-refractivity contribution < 1.29 is 9.59 Å². The molecule has 21 heavy (non-hydrogen) atoms. The van der Waals surface area contributed by atoms with Crippen LogP contribution in [0, 0.1) is 5.41 Å². The number of thioether (sulfide) groups is 1. The molecule has 3 heteroatoms. The zero-order chi connectivity index (χ0) is 14.7. The summed E-state index contributed by atoms with van der Waals surface area (Å²) in [6.07, 6.45) is 8.10. The van der Waals surface area contributed by atoms with Crippen LogP contribution in [0.3, 0.4) is 0 Å². The Hall–Kier alpha value is -1.35. The van der Waals surface area contributed by atoms with E-state index in [0.29, 0.717) is 12.8 Å². The van der Waals surface area contributed by atoms with Crippen molar-refractivity contribution in [3.8, 4) is 0 Å². The number of hydrogen-bond acceptors (Lipinski definition) is 3. The highest BCUT2D eigenvalue weighted by Crippen LogP contribution is 2.46. The molecule has 2 aliphatic rings. The Kier molecular flexibility index (Phi) is 4.29. The zero-order valence-corrected chi connectivity index (χ0v) is 13.0. The fourth-order valence-electron chi connectivity index (χ4n) is 3.29. The minimum atomic E-state index is -0.725. The monoisotopic (exact) mass is 300 g/mol. The average molecular weight is 300 g/mol. The molecule has 0 saturated heterocycles. The zero-order valence-electron chi connectivity index (χ0n) is 12.1. The van der Waals surface area contributed by atoms with Gasteiger partial charge >= 0.3 is 0 Å². The van der Waals surface area contributed by atoms with Gasteiger partial charge in [0.25, 0.3) is 0 Å². The average Bonchev–Trinajstić information content (AvgIpc) is 2.80. The van der Waals surface area contributed by atoms with E-state index in [1.807, 2.05) is 36.4 Å². The molecule has 0 aromatic heterocycles. The van der Waals surface area contributed by atoms with Crippen molar-refractivity contribution in [2.45, 2.75) is 49.8 Å². The van der Waals surface area contributed by atoms with Crippen LogP contribution < -0.4 is 0 Å². The third-order valence-corrected chi connectivity index (χ3v) is 5.64. The molecule has 1 aromatic carbocycles. The van der Waals surface area contributed by atoms with Gasteiger partial charge in [-0.25, -0.2) is 0 Å². The van der Waals surface area contributed by atoms with Gasteiger partial charge in [-0.1, -0.05) is 55.3 Å². The molecule has 1 aromatic rings. The standard InChI is InChI=1S/C18H20O2S/c19-16-10-6-1-2-7-12-18(16)13-11-15(17(18)20)21-14-8-4-3-5-9-14/h3-5,8-9,11H,1-2,6-7,10,12-13H2/t18-/m1/s1. The second-order valence-electron chi connectivity index (χ2n) is 5.94. The lowest BCUT2D eigenvalue weighted by molar-refractivity contribution is -0.138. The van der Waals surface area contributed by atoms with Crippen molar-refractivity contribution in [3.63, 3.8) is 0 Å². The lowest BCUT2D eigenvalue weighted by Gasteiger charge is -2.28. The van der Waals surface area contributed by atoms with Crippen molar-refractivity contribution >= 4 is 23.3 Å². The van der Waals surface area contributed by atoms with Gasteiger partial charge in [0.05, 0.1) is 10.3 Å². The molecule has 1 saturated carbocycles. The second kappa shape index (κ2) is 6.18. The molecule has 1 atom stereocenters. The minimum absolute atomic E-state index is 0.0725. The highest BCUT2D eigenvalue weighted by atomic mass is 32.2. The number of ketones is 2. The topological polar surface area (TPSA) is 34.1 Å². The van der Waals surface area contributed by atoms with Gasteiger partial charge in [0.1, 0.15) is 5.78 Å². The van der Waals surface area contributed by atoms with E-state index in [1.165, 1.54) is 11.8 Å². The molecular formula is C18H20O2S. The van der Waals surface area contributed by atoms with E-state index >= 15 is 0 Å². The van der Waals surface area contributed by atoms with E-state index in [-0.39, 0.29) is 11.6 Å². The molecule has 3 rings (SSSR count). The maximum absolute atomic E-state index is 12.9. The summed E-state index contributed by atoms with van der Waals surface area (Å²) in [5.74, 6) is 0.246. The van der Waals surface area contributed by atoms with Crippen LogP contribution in [0.25, 0.3) is 0 Å². The fourth-order valence-corrected chi connectivity index (χ4v) is 4.29. The van der Waals surface area contributed by atoms with Gasteiger partial charge < -0.3 is 0 Å². The summed E-state index contributed by atoms with van der Waals surface area (Å²) < 4.78 is 0. The first-order chi connectivity index (χ1) is 10.2. The molecule has 0 amide bonds. The Morgan fingerprint density at radius 3 is 2.52 bits per heavy atom. The van der Waals surface area contributed by atoms with Crippen LogP contribution in [0.5, 0.6) is 0 Å². The molecule has 2 aliphatic carbocycles. The molecule has 0 bridgehead atoms. The smallest absolute Gasteiger partial charge is 0.183 e. The fraction of sp³-hybridized carbons (Fsp3) is 0.444. The number of carbonyl (C=O) groups is 2. The number of carbonyl (C=O) groups excluding carboxylic acids is 2. The van der Waals surface area contributed by atoms with Crippen molar-refractivity contribution in [1.82, 2.24) is 0 Å². The molecule has 0 heterocycles. The minimum Gasteiger partial charge on any atom is -0.299 e. The molecule has 0 unspecified atom stereocenters. The summed E-state index contributed by atoms with van der Waals surface area (Å²) in [5, 5.41) is 0. The predicted octanol–water partition coefficient (Wildman–Crippen LogP) is 4.55. The Bertz CT molecular complexity index is 576. The molecule has 0 radical (unpaired) electrons. The Morgan fingerprint density at radius 2 is 1.71 bits per heavy atom. The second-order valence-corrected chi connectivity index (χ2v) is 7.05. The first-order valence-corrected chi connectivity index (χ1v) is 8.55. The van der Waals surface area contributed by atoms with Gasteiger partial charge in [-0.3, -0.25) is 9.59 Å². The van der Waals surface area contributed by atoms with Gasteiger partial charge in [0, 0.05) is 11.3 Å². The van der Waals surface area contributed by atoms with E-state index in [1.54, 1.807) is 0 Å². The van der Waals surface area contributed by atoms with Crippen molar-refractivity contribution in [3.05, 3.63) is 41.3 Å². The van der Waals surface area contributed by atoms with E-state index in [2.05, 4.69) is 0 Å². The number of rotatable bonds is 2. The summed E-state index contributed by atoms with van der Waals surface area (Å²) in [4.78, 5) is 27.2. The lowest BCUT2D eigenvalue weighted by Crippen LogP contribution is -2.37. The van der Waals surface area contributed by atoms with Gasteiger partial charge in [0.15, 0.2) is 5.78 Å². The van der Waals surface area contributed by atoms with Gasteiger partial charge in [-0.2, -0.15) is 0 Å². The predicted molar refractivity (Wildman–Crippen MR) is 85.1 cm³/mol. The van der Waals surface area contributed by atoms with E-state index < -0.39 is 5.41 Å². The normalized spacial score (nSPS) is 26.6. The van der Waals surface area contributed by atoms with Crippen LogP contribution >= 0.6 is 11.8 Å². The largest absolute Gasteiger partial charge is 0.299 e. The van der Waals surface area contributed by atoms with Crippen LogP contribution in [-0.2, 0) is 9.59 Å². The SMILES string of the molecule is O=C1CCCCCC[C@@]12CC=C(Sc1ccccc1)C2=O. The number of hydrogen-bond donors (Lipinski definition) is 0. The van der Waals surface area contributed by atoms with Crippen LogP contribution in [-0.4, -0.2) is 11.6 Å². The van der Waals surface area contributed by atoms with Crippen LogP contribution in [0.2, 0.25) is 0 Å². The lowest BCUT2D eigenvalue weighted by atomic mass is 9.73. The molecule has 1 spiro atoms. The van der Waals surface area contributed by atoms with Gasteiger partial charge in [-0.05, 0) is 31.4 Å². The molecule has 110 valence electrons. The molecule has 2 nitrogen and oxygen atoms in total. The Labute approximate surface area is 130 Å². The first-order valence-electron chi connectivity index (χ1n) is 7.73. The molecule has 1 fully saturated rings. The molecule has 0 aliphatic heterocycles. The van der Waals surface area contributed by atoms with Crippen molar-refractivity contribution in [2.24, 2.45) is 5.41 Å². The Balaban J connectivity index is 1.78. The number of Topliss-reactive ketones (excluding diaryl/α,β-unsaturated/α-hetero) is 2. The third-order valence-electron chi connectivity index (χ3n) is 4.56. The summed E-state index contributed by atoms with van der Waals surface area (Å²) >= 11 is 1.50. The third kappa shape index (κ3) is 2.84. The van der Waals surface area contributed by atoms with Crippen LogP contribution in [0.4, 0.5) is 0 Å². The highest BCUT2D eigenvalue weighted by Gasteiger charge is 2.48. The van der Waals surface area contributed by atoms with Crippen molar-refractivity contribution in [2.75, 3.05) is 0 Å². The number of benzene rings is 1. The maximum Gasteiger partial charge on any atom is 0.183 e. The summed E-state index contributed by atoms with van der Waals surface area (Å²) in [6, 6.07) is 9.92. The summed E-state index contributed by atoms with van der Waals surface area (Å²) in [5.41, 5.74) is -0.725. The van der Waals surface area contributed by atoms with E-state index in [0.717, 1.165) is 41.9 Å². The highest BCUT2D eigenvalue weighted by molar-refractivity contribution is 8.04. The number of allylic oxidation sites excluding steroid dienone is 2. The molecule has 0 N–H and O–H groups in total. The molecular weight excluding hydrogens is 280 g/mol. The van der Waals surface area contributed by atoms with Crippen LogP contribution in [0.1, 0.15) is 44.9 Å². The van der Waals surface area contributed by atoms with Crippen molar-refractivity contribution in [1.29, 1.82) is 0 Å². The Morgan fingerprint density at radius 1 is 0.952 bits per heavy atom. The summed E-state index contributed by atoms with van der Waals surface area (Å²) in [7, 11) is 0. The summed E-state index contributed by atoms with van der Waals surface area (Å²) in [6.45, 7) is 0. The van der Waals surface area contributed by atoms with Gasteiger partial charge in [-0.15, -0.1) is 0 Å². The van der Waals surface area contributed by atoms with Gasteiger partial charge in [0.2, 0.25) is 0 Å². The quantitative estimate of drug-likeness (QED) is 0.752. The van der Waals surface area contributed by atoms with E-state index in [4.69, 9.17) is 0 Å². The maximum atomic E-state index is 12.9.